The zero-order valence-electron chi connectivity index (χ0n) is 21.4. The number of nitrogens with one attached hydrogen (secondary N) is 3. The van der Waals surface area contributed by atoms with Crippen LogP contribution >= 0.6 is 0 Å². The van der Waals surface area contributed by atoms with E-state index in [1.54, 1.807) is 44.2 Å². The highest BCUT2D eigenvalue weighted by atomic mass is 16.4. The van der Waals surface area contributed by atoms with Gasteiger partial charge < -0.3 is 37.0 Å². The van der Waals surface area contributed by atoms with Crippen LogP contribution in [0.5, 0.6) is 0 Å². The Morgan fingerprint density at radius 3 is 1.87 bits per heavy atom. The first-order valence-corrected chi connectivity index (χ1v) is 12.2. The average molecular weight is 537 g/mol. The SMILES string of the molecule is CCC(C)C(NC(=O)C(CCC(=O)O)NC(=O)C(N)CCC(=O)O)C(=O)NC(Cc1ccccc1)C(=O)O. The quantitative estimate of drug-likeness (QED) is 0.140. The molecule has 5 unspecified atom stereocenters. The number of carbonyl (C=O) groups excluding carboxylic acids is 3. The van der Waals surface area contributed by atoms with Gasteiger partial charge in [0.05, 0.1) is 6.04 Å². The van der Waals surface area contributed by atoms with Gasteiger partial charge in [0.25, 0.3) is 0 Å². The number of amides is 3. The molecule has 0 spiro atoms. The molecule has 0 radical (unpaired) electrons. The summed E-state index contributed by atoms with van der Waals surface area (Å²) in [5.74, 6) is -6.57. The number of aliphatic carboxylic acids is 3. The van der Waals surface area contributed by atoms with Gasteiger partial charge in [-0.25, -0.2) is 4.79 Å². The van der Waals surface area contributed by atoms with Crippen molar-refractivity contribution in [3.63, 3.8) is 0 Å². The number of rotatable bonds is 17. The lowest BCUT2D eigenvalue weighted by molar-refractivity contribution is -0.142. The molecule has 0 fully saturated rings. The van der Waals surface area contributed by atoms with Crippen molar-refractivity contribution in [3.05, 3.63) is 35.9 Å². The van der Waals surface area contributed by atoms with Gasteiger partial charge >= 0.3 is 17.9 Å². The molecule has 0 aliphatic rings. The van der Waals surface area contributed by atoms with Gasteiger partial charge in [-0.1, -0.05) is 50.6 Å². The molecule has 3 amide bonds. The molecule has 210 valence electrons. The summed E-state index contributed by atoms with van der Waals surface area (Å²) in [4.78, 5) is 72.2. The molecule has 13 nitrogen and oxygen atoms in total. The molecule has 0 aliphatic carbocycles. The predicted octanol–water partition coefficient (Wildman–Crippen LogP) is -0.129. The van der Waals surface area contributed by atoms with Crippen LogP contribution in [0, 0.1) is 5.92 Å². The average Bonchev–Trinajstić information content (AvgIpc) is 2.87. The van der Waals surface area contributed by atoms with Crippen LogP contribution < -0.4 is 21.7 Å². The first-order valence-electron chi connectivity index (χ1n) is 12.2. The Hall–Kier alpha value is -4.00. The van der Waals surface area contributed by atoms with Crippen molar-refractivity contribution in [2.75, 3.05) is 0 Å². The molecule has 0 aliphatic heterocycles. The van der Waals surface area contributed by atoms with Gasteiger partial charge in [0.1, 0.15) is 18.1 Å². The highest BCUT2D eigenvalue weighted by Gasteiger charge is 2.33. The maximum absolute atomic E-state index is 13.1. The number of carboxylic acid groups (broad SMARTS) is 3. The van der Waals surface area contributed by atoms with Gasteiger partial charge in [0.15, 0.2) is 0 Å². The molecule has 0 saturated heterocycles. The number of carboxylic acids is 3. The predicted molar refractivity (Wildman–Crippen MR) is 135 cm³/mol. The van der Waals surface area contributed by atoms with Crippen LogP contribution in [-0.4, -0.2) is 75.1 Å². The number of hydrogen-bond donors (Lipinski definition) is 7. The van der Waals surface area contributed by atoms with Crippen LogP contribution in [0.4, 0.5) is 0 Å². The Morgan fingerprint density at radius 1 is 0.789 bits per heavy atom. The number of hydrogen-bond acceptors (Lipinski definition) is 7. The van der Waals surface area contributed by atoms with Crippen LogP contribution in [0.25, 0.3) is 0 Å². The summed E-state index contributed by atoms with van der Waals surface area (Å²) in [7, 11) is 0. The van der Waals surface area contributed by atoms with E-state index in [9.17, 15) is 33.9 Å². The molecule has 1 aromatic carbocycles. The molecule has 38 heavy (non-hydrogen) atoms. The Kier molecular flexibility index (Phi) is 13.5. The fraction of sp³-hybridized carbons (Fsp3) is 0.520. The maximum Gasteiger partial charge on any atom is 0.326 e. The molecular formula is C25H36N4O9. The van der Waals surface area contributed by atoms with Gasteiger partial charge in [-0.15, -0.1) is 0 Å². The van der Waals surface area contributed by atoms with Crippen LogP contribution in [0.1, 0.15) is 51.5 Å². The summed E-state index contributed by atoms with van der Waals surface area (Å²) >= 11 is 0. The van der Waals surface area contributed by atoms with Crippen molar-refractivity contribution in [3.8, 4) is 0 Å². The topological polar surface area (TPSA) is 225 Å². The standard InChI is InChI=1S/C25H36N4O9/c1-3-14(2)21(24(36)28-18(25(37)38)13-15-7-5-4-6-8-15)29-23(35)17(10-12-20(32)33)27-22(34)16(26)9-11-19(30)31/h4-8,14,16-18,21H,3,9-13,26H2,1-2H3,(H,27,34)(H,28,36)(H,29,35)(H,30,31)(H,32,33)(H,37,38). The summed E-state index contributed by atoms with van der Waals surface area (Å²) in [5.41, 5.74) is 6.37. The molecular weight excluding hydrogens is 500 g/mol. The van der Waals surface area contributed by atoms with E-state index in [0.717, 1.165) is 0 Å². The minimum Gasteiger partial charge on any atom is -0.481 e. The molecule has 1 rings (SSSR count). The Morgan fingerprint density at radius 2 is 1.34 bits per heavy atom. The Labute approximate surface area is 220 Å². The van der Waals surface area contributed by atoms with Crippen molar-refractivity contribution in [2.24, 2.45) is 11.7 Å². The minimum absolute atomic E-state index is 0.00854. The van der Waals surface area contributed by atoms with E-state index in [0.29, 0.717) is 12.0 Å². The summed E-state index contributed by atoms with van der Waals surface area (Å²) in [6.07, 6.45) is -0.954. The molecule has 1 aromatic rings. The monoisotopic (exact) mass is 536 g/mol. The lowest BCUT2D eigenvalue weighted by atomic mass is 9.96. The van der Waals surface area contributed by atoms with Crippen LogP contribution in [0.15, 0.2) is 30.3 Å². The van der Waals surface area contributed by atoms with E-state index in [1.165, 1.54) is 0 Å². The van der Waals surface area contributed by atoms with E-state index in [4.69, 9.17) is 15.9 Å². The second-order valence-corrected chi connectivity index (χ2v) is 8.99. The first-order chi connectivity index (χ1) is 17.8. The van der Waals surface area contributed by atoms with Gasteiger partial charge in [-0.2, -0.15) is 0 Å². The normalized spacial score (nSPS) is 14.7. The fourth-order valence-electron chi connectivity index (χ4n) is 3.49. The number of nitrogens with two attached hydrogens (primary N) is 1. The van der Waals surface area contributed by atoms with Gasteiger partial charge in [0.2, 0.25) is 17.7 Å². The summed E-state index contributed by atoms with van der Waals surface area (Å²) < 4.78 is 0. The first kappa shape index (κ1) is 32.0. The Balaban J connectivity index is 3.03. The van der Waals surface area contributed by atoms with Crippen molar-refractivity contribution < 1.29 is 44.1 Å². The third-order valence-corrected chi connectivity index (χ3v) is 5.98. The second kappa shape index (κ2) is 16.0. The van der Waals surface area contributed by atoms with Crippen LogP contribution in [-0.2, 0) is 35.2 Å². The molecule has 8 N–H and O–H groups in total. The van der Waals surface area contributed by atoms with Crippen molar-refractivity contribution in [1.82, 2.24) is 16.0 Å². The lowest BCUT2D eigenvalue weighted by Crippen LogP contribution is -2.59. The van der Waals surface area contributed by atoms with E-state index in [-0.39, 0.29) is 25.7 Å². The third kappa shape index (κ3) is 11.4. The highest BCUT2D eigenvalue weighted by molar-refractivity contribution is 5.94. The molecule has 0 saturated carbocycles. The van der Waals surface area contributed by atoms with Gasteiger partial charge in [-0.05, 0) is 24.3 Å². The van der Waals surface area contributed by atoms with Gasteiger partial charge in [-0.3, -0.25) is 24.0 Å². The van der Waals surface area contributed by atoms with E-state index in [2.05, 4.69) is 16.0 Å². The van der Waals surface area contributed by atoms with E-state index >= 15 is 0 Å². The zero-order valence-corrected chi connectivity index (χ0v) is 21.4. The smallest absolute Gasteiger partial charge is 0.326 e. The molecule has 0 bridgehead atoms. The fourth-order valence-corrected chi connectivity index (χ4v) is 3.49. The van der Waals surface area contributed by atoms with Crippen molar-refractivity contribution in [2.45, 2.75) is 76.5 Å². The molecule has 5 atom stereocenters. The summed E-state index contributed by atoms with van der Waals surface area (Å²) in [6, 6.07) is 3.57. The van der Waals surface area contributed by atoms with Crippen molar-refractivity contribution >= 4 is 35.6 Å². The van der Waals surface area contributed by atoms with Gasteiger partial charge in [0, 0.05) is 19.3 Å². The number of benzene rings is 1. The maximum atomic E-state index is 13.1. The highest BCUT2D eigenvalue weighted by Crippen LogP contribution is 2.11. The van der Waals surface area contributed by atoms with E-state index in [1.807, 2.05) is 0 Å². The molecule has 0 aromatic heterocycles. The Bertz CT molecular complexity index is 986. The number of carbonyl (C=O) groups is 6. The third-order valence-electron chi connectivity index (χ3n) is 5.98. The van der Waals surface area contributed by atoms with Crippen LogP contribution in [0.2, 0.25) is 0 Å². The molecule has 0 heterocycles. The molecule has 13 heteroatoms. The largest absolute Gasteiger partial charge is 0.481 e. The second-order valence-electron chi connectivity index (χ2n) is 8.99. The lowest BCUT2D eigenvalue weighted by Gasteiger charge is -2.28. The van der Waals surface area contributed by atoms with Crippen LogP contribution in [0.3, 0.4) is 0 Å². The summed E-state index contributed by atoms with van der Waals surface area (Å²) in [6.45, 7) is 3.44. The van der Waals surface area contributed by atoms with E-state index < -0.39 is 72.1 Å². The minimum atomic E-state index is -1.38. The van der Waals surface area contributed by atoms with Crippen molar-refractivity contribution in [1.29, 1.82) is 0 Å². The summed E-state index contributed by atoms with van der Waals surface area (Å²) in [5, 5.41) is 34.7. The zero-order chi connectivity index (χ0) is 28.8.